The number of nitrogens with zero attached hydrogens (tertiary/aromatic N) is 1. The third kappa shape index (κ3) is 4.66. The monoisotopic (exact) mass is 359 g/mol. The fourth-order valence-electron chi connectivity index (χ4n) is 6.19. The number of rotatable bonds is 8. The Balaban J connectivity index is 0.00000208. The Labute approximate surface area is 154 Å². The molecule has 4 bridgehead atoms. The molecule has 4 aliphatic rings. The number of hydrogen-bond donors (Lipinski definition) is 1. The van der Waals surface area contributed by atoms with E-state index in [1.807, 2.05) is 0 Å². The van der Waals surface area contributed by atoms with E-state index in [1.54, 1.807) is 0 Å². The van der Waals surface area contributed by atoms with Gasteiger partial charge in [-0.05, 0) is 89.4 Å². The van der Waals surface area contributed by atoms with Crippen LogP contribution in [0.5, 0.6) is 0 Å². The molecule has 4 saturated carbocycles. The number of hydrogen-bond acceptors (Lipinski definition) is 3. The molecule has 0 aromatic heterocycles. The predicted molar refractivity (Wildman–Crippen MR) is 102 cm³/mol. The lowest BCUT2D eigenvalue weighted by molar-refractivity contribution is -0.107. The molecule has 4 heteroatoms. The average Bonchev–Trinajstić information content (AvgIpc) is 2.42. The van der Waals surface area contributed by atoms with Crippen LogP contribution < -0.4 is 0 Å². The first-order chi connectivity index (χ1) is 10.9. The fraction of sp³-hybridized carbons (Fsp3) is 1.00. The molecule has 0 amide bonds. The van der Waals surface area contributed by atoms with Crippen LogP contribution in [0, 0.1) is 23.2 Å². The first kappa shape index (κ1) is 20.5. The van der Waals surface area contributed by atoms with Gasteiger partial charge in [0.05, 0.1) is 19.3 Å². The molecule has 0 spiro atoms. The Morgan fingerprint density at radius 2 is 1.42 bits per heavy atom. The zero-order valence-electron chi connectivity index (χ0n) is 16.0. The van der Waals surface area contributed by atoms with Crippen molar-refractivity contribution in [3.8, 4) is 0 Å². The van der Waals surface area contributed by atoms with Crippen molar-refractivity contribution in [2.24, 2.45) is 23.2 Å². The van der Waals surface area contributed by atoms with Crippen molar-refractivity contribution in [1.82, 2.24) is 4.90 Å². The van der Waals surface area contributed by atoms with Crippen LogP contribution in [0.3, 0.4) is 0 Å². The number of aliphatic hydroxyl groups is 1. The smallest absolute Gasteiger partial charge is 0.0900 e. The maximum Gasteiger partial charge on any atom is 0.0900 e. The molecule has 24 heavy (non-hydrogen) atoms. The minimum atomic E-state index is -0.367. The SMILES string of the molecule is CC(C)N(CC(O)COCC12CC3CC(CC(C3)C1)C2)C(C)C.Cl. The molecule has 1 N–H and O–H groups in total. The van der Waals surface area contributed by atoms with E-state index in [4.69, 9.17) is 4.74 Å². The highest BCUT2D eigenvalue weighted by Crippen LogP contribution is 2.60. The summed E-state index contributed by atoms with van der Waals surface area (Å²) in [4.78, 5) is 2.35. The summed E-state index contributed by atoms with van der Waals surface area (Å²) in [7, 11) is 0. The van der Waals surface area contributed by atoms with E-state index in [-0.39, 0.29) is 18.5 Å². The van der Waals surface area contributed by atoms with E-state index in [0.29, 0.717) is 24.1 Å². The second kappa shape index (κ2) is 8.24. The van der Waals surface area contributed by atoms with Gasteiger partial charge in [0.1, 0.15) is 0 Å². The summed E-state index contributed by atoms with van der Waals surface area (Å²) in [6, 6.07) is 0.931. The van der Waals surface area contributed by atoms with E-state index >= 15 is 0 Å². The van der Waals surface area contributed by atoms with E-state index in [1.165, 1.54) is 38.5 Å². The third-order valence-corrected chi connectivity index (χ3v) is 6.63. The van der Waals surface area contributed by atoms with Crippen LogP contribution in [0.25, 0.3) is 0 Å². The Bertz CT molecular complexity index is 356. The van der Waals surface area contributed by atoms with Gasteiger partial charge in [-0.1, -0.05) is 0 Å². The minimum absolute atomic E-state index is 0. The summed E-state index contributed by atoms with van der Waals surface area (Å²) < 4.78 is 6.06. The molecule has 0 aromatic carbocycles. The molecule has 3 nitrogen and oxygen atoms in total. The van der Waals surface area contributed by atoms with Crippen LogP contribution in [-0.2, 0) is 4.74 Å². The van der Waals surface area contributed by atoms with Crippen LogP contribution >= 0.6 is 12.4 Å². The summed E-state index contributed by atoms with van der Waals surface area (Å²) in [6.45, 7) is 10.9. The minimum Gasteiger partial charge on any atom is -0.389 e. The first-order valence-corrected chi connectivity index (χ1v) is 9.88. The van der Waals surface area contributed by atoms with Gasteiger partial charge in [-0.2, -0.15) is 0 Å². The van der Waals surface area contributed by atoms with Gasteiger partial charge in [0.2, 0.25) is 0 Å². The molecule has 1 unspecified atom stereocenters. The maximum absolute atomic E-state index is 10.4. The normalized spacial score (nSPS) is 35.8. The van der Waals surface area contributed by atoms with Crippen molar-refractivity contribution >= 4 is 12.4 Å². The number of halogens is 1. The molecule has 4 aliphatic carbocycles. The fourth-order valence-corrected chi connectivity index (χ4v) is 6.19. The maximum atomic E-state index is 10.4. The highest BCUT2D eigenvalue weighted by molar-refractivity contribution is 5.85. The van der Waals surface area contributed by atoms with Crippen LogP contribution in [-0.4, -0.2) is 48.0 Å². The summed E-state index contributed by atoms with van der Waals surface area (Å²) in [6.07, 6.45) is 8.25. The van der Waals surface area contributed by atoms with Crippen LogP contribution in [0.4, 0.5) is 0 Å². The molecular formula is C20H38ClNO2. The summed E-state index contributed by atoms with van der Waals surface area (Å²) in [5.74, 6) is 2.94. The quantitative estimate of drug-likeness (QED) is 0.707. The Morgan fingerprint density at radius 3 is 1.83 bits per heavy atom. The predicted octanol–water partition coefficient (Wildman–Crippen LogP) is 4.12. The molecule has 4 rings (SSSR count). The van der Waals surface area contributed by atoms with Gasteiger partial charge < -0.3 is 9.84 Å². The molecular weight excluding hydrogens is 322 g/mol. The van der Waals surface area contributed by atoms with Crippen molar-refractivity contribution in [2.75, 3.05) is 19.8 Å². The number of aliphatic hydroxyl groups excluding tert-OH is 1. The van der Waals surface area contributed by atoms with Crippen molar-refractivity contribution in [2.45, 2.75) is 84.4 Å². The molecule has 142 valence electrons. The highest BCUT2D eigenvalue weighted by atomic mass is 35.5. The van der Waals surface area contributed by atoms with Gasteiger partial charge in [-0.25, -0.2) is 0 Å². The van der Waals surface area contributed by atoms with Crippen molar-refractivity contribution in [3.05, 3.63) is 0 Å². The lowest BCUT2D eigenvalue weighted by Gasteiger charge is -2.56. The lowest BCUT2D eigenvalue weighted by Crippen LogP contribution is -2.48. The lowest BCUT2D eigenvalue weighted by atomic mass is 9.50. The van der Waals surface area contributed by atoms with Crippen LogP contribution in [0.1, 0.15) is 66.2 Å². The molecule has 0 heterocycles. The van der Waals surface area contributed by atoms with Crippen molar-refractivity contribution in [3.63, 3.8) is 0 Å². The van der Waals surface area contributed by atoms with Crippen LogP contribution in [0.2, 0.25) is 0 Å². The van der Waals surface area contributed by atoms with Gasteiger partial charge in [0.15, 0.2) is 0 Å². The third-order valence-electron chi connectivity index (χ3n) is 6.63. The molecule has 1 atom stereocenters. The van der Waals surface area contributed by atoms with Crippen LogP contribution in [0.15, 0.2) is 0 Å². The van der Waals surface area contributed by atoms with Gasteiger partial charge >= 0.3 is 0 Å². The molecule has 4 fully saturated rings. The molecule has 0 radical (unpaired) electrons. The molecule has 0 aliphatic heterocycles. The Kier molecular flexibility index (Phi) is 7.03. The van der Waals surface area contributed by atoms with E-state index < -0.39 is 0 Å². The zero-order valence-corrected chi connectivity index (χ0v) is 16.9. The summed E-state index contributed by atoms with van der Waals surface area (Å²) in [5, 5.41) is 10.4. The Hall–Kier alpha value is 0.170. The molecule has 0 aromatic rings. The van der Waals surface area contributed by atoms with Crippen molar-refractivity contribution in [1.29, 1.82) is 0 Å². The van der Waals surface area contributed by atoms with Gasteiger partial charge in [-0.15, -0.1) is 12.4 Å². The second-order valence-electron chi connectivity index (χ2n) is 9.47. The highest BCUT2D eigenvalue weighted by Gasteiger charge is 2.50. The van der Waals surface area contributed by atoms with Gasteiger partial charge in [0.25, 0.3) is 0 Å². The second-order valence-corrected chi connectivity index (χ2v) is 9.47. The van der Waals surface area contributed by atoms with Crippen molar-refractivity contribution < 1.29 is 9.84 Å². The van der Waals surface area contributed by atoms with Gasteiger partial charge in [-0.3, -0.25) is 4.90 Å². The van der Waals surface area contributed by atoms with Gasteiger partial charge in [0, 0.05) is 18.6 Å². The van der Waals surface area contributed by atoms with E-state index in [0.717, 1.165) is 30.9 Å². The summed E-state index contributed by atoms with van der Waals surface area (Å²) >= 11 is 0. The topological polar surface area (TPSA) is 32.7 Å². The zero-order chi connectivity index (χ0) is 16.6. The number of ether oxygens (including phenoxy) is 1. The average molecular weight is 360 g/mol. The molecule has 0 saturated heterocycles. The van der Waals surface area contributed by atoms with E-state index in [2.05, 4.69) is 32.6 Å². The summed E-state index contributed by atoms with van der Waals surface area (Å²) in [5.41, 5.74) is 0.463. The standard InChI is InChI=1S/C20H37NO2.ClH/c1-14(2)21(15(3)4)11-19(22)12-23-13-20-8-16-5-17(9-20)7-18(6-16)10-20;/h14-19,22H,5-13H2,1-4H3;1H. The Morgan fingerprint density at radius 1 is 0.958 bits per heavy atom. The van der Waals surface area contributed by atoms with E-state index in [9.17, 15) is 5.11 Å². The first-order valence-electron chi connectivity index (χ1n) is 9.88. The largest absolute Gasteiger partial charge is 0.389 e.